The first-order chi connectivity index (χ1) is 9.11. The normalized spacial score (nSPS) is 16.9. The SMILES string of the molecule is Cc1ccccc1C(C)CC(=O)NC(CN)C1CC1.Cl. The van der Waals surface area contributed by atoms with Crippen LogP contribution in [0.4, 0.5) is 0 Å². The molecule has 112 valence electrons. The van der Waals surface area contributed by atoms with Crippen LogP contribution in [0, 0.1) is 12.8 Å². The van der Waals surface area contributed by atoms with Crippen molar-refractivity contribution < 1.29 is 4.79 Å². The molecule has 1 aromatic rings. The smallest absolute Gasteiger partial charge is 0.220 e. The third kappa shape index (κ3) is 4.50. The third-order valence-corrected chi connectivity index (χ3v) is 4.00. The summed E-state index contributed by atoms with van der Waals surface area (Å²) in [6.45, 7) is 4.75. The van der Waals surface area contributed by atoms with E-state index in [2.05, 4.69) is 31.3 Å². The van der Waals surface area contributed by atoms with E-state index in [4.69, 9.17) is 5.73 Å². The van der Waals surface area contributed by atoms with Crippen LogP contribution in [0.25, 0.3) is 0 Å². The Morgan fingerprint density at radius 1 is 1.40 bits per heavy atom. The van der Waals surface area contributed by atoms with E-state index in [1.165, 1.54) is 24.0 Å². The first-order valence-electron chi connectivity index (χ1n) is 7.16. The van der Waals surface area contributed by atoms with Gasteiger partial charge in [-0.25, -0.2) is 0 Å². The summed E-state index contributed by atoms with van der Waals surface area (Å²) < 4.78 is 0. The average Bonchev–Trinajstić information content (AvgIpc) is 3.20. The zero-order valence-corrected chi connectivity index (χ0v) is 13.1. The fourth-order valence-corrected chi connectivity index (χ4v) is 2.66. The Morgan fingerprint density at radius 2 is 2.05 bits per heavy atom. The second-order valence-electron chi connectivity index (χ2n) is 5.71. The van der Waals surface area contributed by atoms with Crippen molar-refractivity contribution in [3.05, 3.63) is 35.4 Å². The molecule has 4 heteroatoms. The molecule has 1 amide bonds. The van der Waals surface area contributed by atoms with Crippen molar-refractivity contribution in [1.82, 2.24) is 5.32 Å². The summed E-state index contributed by atoms with van der Waals surface area (Å²) in [4.78, 5) is 12.1. The van der Waals surface area contributed by atoms with E-state index in [-0.39, 0.29) is 30.3 Å². The molecule has 0 saturated heterocycles. The van der Waals surface area contributed by atoms with E-state index in [0.717, 1.165) is 0 Å². The van der Waals surface area contributed by atoms with Crippen LogP contribution in [-0.4, -0.2) is 18.5 Å². The summed E-state index contributed by atoms with van der Waals surface area (Å²) >= 11 is 0. The van der Waals surface area contributed by atoms with Crippen LogP contribution in [0.15, 0.2) is 24.3 Å². The van der Waals surface area contributed by atoms with E-state index in [0.29, 0.717) is 18.9 Å². The van der Waals surface area contributed by atoms with Gasteiger partial charge in [-0.3, -0.25) is 4.79 Å². The summed E-state index contributed by atoms with van der Waals surface area (Å²) in [5.74, 6) is 0.986. The highest BCUT2D eigenvalue weighted by molar-refractivity contribution is 5.85. The molecule has 0 aromatic heterocycles. The van der Waals surface area contributed by atoms with Gasteiger partial charge in [0.25, 0.3) is 0 Å². The Hall–Kier alpha value is -1.06. The standard InChI is InChI=1S/C16H24N2O.ClH/c1-11-5-3-4-6-14(11)12(2)9-16(19)18-15(10-17)13-7-8-13;/h3-6,12-13,15H,7-10,17H2,1-2H3,(H,18,19);1H. The molecule has 1 fully saturated rings. The number of rotatable bonds is 6. The number of carbonyl (C=O) groups is 1. The molecule has 1 aliphatic carbocycles. The lowest BCUT2D eigenvalue weighted by atomic mass is 9.93. The number of amides is 1. The largest absolute Gasteiger partial charge is 0.352 e. The molecule has 20 heavy (non-hydrogen) atoms. The molecule has 0 bridgehead atoms. The van der Waals surface area contributed by atoms with Gasteiger partial charge in [0.05, 0.1) is 0 Å². The number of carbonyl (C=O) groups excluding carboxylic acids is 1. The van der Waals surface area contributed by atoms with Crippen LogP contribution in [-0.2, 0) is 4.79 Å². The van der Waals surface area contributed by atoms with E-state index in [1.54, 1.807) is 0 Å². The van der Waals surface area contributed by atoms with Crippen LogP contribution < -0.4 is 11.1 Å². The predicted molar refractivity (Wildman–Crippen MR) is 85.2 cm³/mol. The highest BCUT2D eigenvalue weighted by Gasteiger charge is 2.31. The van der Waals surface area contributed by atoms with Crippen molar-refractivity contribution in [1.29, 1.82) is 0 Å². The van der Waals surface area contributed by atoms with Crippen LogP contribution in [0.5, 0.6) is 0 Å². The number of benzene rings is 1. The monoisotopic (exact) mass is 296 g/mol. The van der Waals surface area contributed by atoms with Gasteiger partial charge in [-0.05, 0) is 42.7 Å². The fraction of sp³-hybridized carbons (Fsp3) is 0.562. The minimum absolute atomic E-state index is 0. The predicted octanol–water partition coefficient (Wildman–Crippen LogP) is 2.76. The van der Waals surface area contributed by atoms with E-state index in [1.807, 2.05) is 12.1 Å². The van der Waals surface area contributed by atoms with Gasteiger partial charge < -0.3 is 11.1 Å². The molecule has 2 atom stereocenters. The van der Waals surface area contributed by atoms with E-state index in [9.17, 15) is 4.79 Å². The Morgan fingerprint density at radius 3 is 2.60 bits per heavy atom. The van der Waals surface area contributed by atoms with Gasteiger partial charge in [0.1, 0.15) is 0 Å². The molecule has 1 aromatic carbocycles. The molecule has 0 aliphatic heterocycles. The summed E-state index contributed by atoms with van der Waals surface area (Å²) in [5, 5.41) is 3.08. The van der Waals surface area contributed by atoms with Gasteiger partial charge in [-0.1, -0.05) is 31.2 Å². The Kier molecular flexibility index (Phi) is 6.50. The fourth-order valence-electron chi connectivity index (χ4n) is 2.66. The van der Waals surface area contributed by atoms with Gasteiger partial charge in [0, 0.05) is 19.0 Å². The lowest BCUT2D eigenvalue weighted by Gasteiger charge is -2.19. The summed E-state index contributed by atoms with van der Waals surface area (Å²) in [6, 6.07) is 8.44. The minimum Gasteiger partial charge on any atom is -0.352 e. The molecular weight excluding hydrogens is 272 g/mol. The highest BCUT2D eigenvalue weighted by Crippen LogP contribution is 2.32. The van der Waals surface area contributed by atoms with Crippen LogP contribution in [0.3, 0.4) is 0 Å². The molecule has 1 aliphatic rings. The molecule has 3 nitrogen and oxygen atoms in total. The number of nitrogens with one attached hydrogen (secondary N) is 1. The average molecular weight is 297 g/mol. The summed E-state index contributed by atoms with van der Waals surface area (Å²) in [5.41, 5.74) is 8.22. The second kappa shape index (κ2) is 7.65. The number of hydrogen-bond acceptors (Lipinski definition) is 2. The second-order valence-corrected chi connectivity index (χ2v) is 5.71. The maximum atomic E-state index is 12.1. The molecule has 1 saturated carbocycles. The Labute approximate surface area is 127 Å². The number of aryl methyl sites for hydroxylation is 1. The topological polar surface area (TPSA) is 55.1 Å². The van der Waals surface area contributed by atoms with Crippen molar-refractivity contribution in [2.24, 2.45) is 11.7 Å². The third-order valence-electron chi connectivity index (χ3n) is 4.00. The van der Waals surface area contributed by atoms with Gasteiger partial charge in [0.15, 0.2) is 0 Å². The molecule has 2 unspecified atom stereocenters. The van der Waals surface area contributed by atoms with Gasteiger partial charge in [-0.15, -0.1) is 12.4 Å². The van der Waals surface area contributed by atoms with Crippen LogP contribution in [0.2, 0.25) is 0 Å². The minimum atomic E-state index is 0. The molecule has 0 heterocycles. The molecule has 0 radical (unpaired) electrons. The van der Waals surface area contributed by atoms with Crippen molar-refractivity contribution >= 4 is 18.3 Å². The lowest BCUT2D eigenvalue weighted by Crippen LogP contribution is -2.42. The maximum absolute atomic E-state index is 12.1. The zero-order valence-electron chi connectivity index (χ0n) is 12.3. The molecule has 3 N–H and O–H groups in total. The van der Waals surface area contributed by atoms with Crippen LogP contribution >= 0.6 is 12.4 Å². The van der Waals surface area contributed by atoms with E-state index >= 15 is 0 Å². The summed E-state index contributed by atoms with van der Waals surface area (Å²) in [6.07, 6.45) is 2.94. The number of nitrogens with two attached hydrogens (primary N) is 1. The van der Waals surface area contributed by atoms with Crippen molar-refractivity contribution in [2.75, 3.05) is 6.54 Å². The number of hydrogen-bond donors (Lipinski definition) is 2. The highest BCUT2D eigenvalue weighted by atomic mass is 35.5. The maximum Gasteiger partial charge on any atom is 0.220 e. The lowest BCUT2D eigenvalue weighted by molar-refractivity contribution is -0.122. The first kappa shape index (κ1) is 17.0. The zero-order chi connectivity index (χ0) is 13.8. The van der Waals surface area contributed by atoms with Crippen molar-refractivity contribution in [2.45, 2.75) is 45.1 Å². The molecular formula is C16H25ClN2O. The van der Waals surface area contributed by atoms with Gasteiger partial charge in [0.2, 0.25) is 5.91 Å². The van der Waals surface area contributed by atoms with Crippen molar-refractivity contribution in [3.8, 4) is 0 Å². The Balaban J connectivity index is 0.00000200. The van der Waals surface area contributed by atoms with Gasteiger partial charge in [-0.2, -0.15) is 0 Å². The van der Waals surface area contributed by atoms with E-state index < -0.39 is 0 Å². The quantitative estimate of drug-likeness (QED) is 0.848. The molecule has 2 rings (SSSR count). The number of halogens is 1. The van der Waals surface area contributed by atoms with Gasteiger partial charge >= 0.3 is 0 Å². The Bertz CT molecular complexity index is 446. The molecule has 0 spiro atoms. The van der Waals surface area contributed by atoms with Crippen LogP contribution in [0.1, 0.15) is 43.2 Å². The summed E-state index contributed by atoms with van der Waals surface area (Å²) in [7, 11) is 0. The van der Waals surface area contributed by atoms with Crippen molar-refractivity contribution in [3.63, 3.8) is 0 Å². The first-order valence-corrected chi connectivity index (χ1v) is 7.16.